The van der Waals surface area contributed by atoms with Crippen LogP contribution >= 0.6 is 0 Å². The van der Waals surface area contributed by atoms with Crippen LogP contribution in [0.4, 0.5) is 11.4 Å². The monoisotopic (exact) mass is 389 g/mol. The molecule has 152 valence electrons. The Kier molecular flexibility index (Phi) is 6.13. The van der Waals surface area contributed by atoms with E-state index in [0.717, 1.165) is 19.3 Å². The molecule has 9 nitrogen and oxygen atoms in total. The summed E-state index contributed by atoms with van der Waals surface area (Å²) in [6.45, 7) is 4.13. The van der Waals surface area contributed by atoms with Gasteiger partial charge in [-0.15, -0.1) is 0 Å². The summed E-state index contributed by atoms with van der Waals surface area (Å²) in [6, 6.07) is 4.62. The van der Waals surface area contributed by atoms with E-state index >= 15 is 0 Å². The maximum atomic E-state index is 12.6. The van der Waals surface area contributed by atoms with Gasteiger partial charge in [-0.25, -0.2) is 0 Å². The van der Waals surface area contributed by atoms with E-state index in [-0.39, 0.29) is 35.0 Å². The highest BCUT2D eigenvalue weighted by Gasteiger charge is 2.29. The van der Waals surface area contributed by atoms with Crippen LogP contribution in [0.15, 0.2) is 18.2 Å². The second kappa shape index (κ2) is 8.55. The number of nitrogens with two attached hydrogens (primary N) is 1. The largest absolute Gasteiger partial charge is 0.362 e. The van der Waals surface area contributed by atoms with Crippen molar-refractivity contribution >= 4 is 23.2 Å². The van der Waals surface area contributed by atoms with Crippen molar-refractivity contribution < 1.29 is 14.5 Å². The molecular formula is C19H27N5O4. The van der Waals surface area contributed by atoms with E-state index in [1.807, 2.05) is 4.90 Å². The molecule has 3 N–H and O–H groups in total. The number of amides is 2. The summed E-state index contributed by atoms with van der Waals surface area (Å²) in [4.78, 5) is 38.9. The molecule has 2 amide bonds. The molecule has 1 aliphatic carbocycles. The van der Waals surface area contributed by atoms with E-state index < -0.39 is 4.92 Å². The maximum Gasteiger partial charge on any atom is 0.293 e. The number of anilines is 1. The van der Waals surface area contributed by atoms with E-state index in [4.69, 9.17) is 5.73 Å². The molecule has 2 unspecified atom stereocenters. The van der Waals surface area contributed by atoms with Gasteiger partial charge in [-0.05, 0) is 37.4 Å². The van der Waals surface area contributed by atoms with Crippen LogP contribution in [-0.4, -0.2) is 60.4 Å². The standard InChI is InChI=1S/C19H27N5O4/c1-13(25)22-7-9-23(10-8-22)17-6-5-14(11-18(17)24(27)28)19(26)21-16-4-2-3-15(16)12-20/h5-6,11,15-16H,2-4,7-10,12,20H2,1H3,(H,21,26). The maximum absolute atomic E-state index is 12.6. The first kappa shape index (κ1) is 20.1. The van der Waals surface area contributed by atoms with Gasteiger partial charge in [0.1, 0.15) is 5.69 Å². The zero-order chi connectivity index (χ0) is 20.3. The number of carbonyl (C=O) groups is 2. The lowest BCUT2D eigenvalue weighted by atomic mass is 10.0. The molecule has 1 saturated carbocycles. The lowest BCUT2D eigenvalue weighted by molar-refractivity contribution is -0.384. The SMILES string of the molecule is CC(=O)N1CCN(c2ccc(C(=O)NC3CCCC3CN)cc2[N+](=O)[O-])CC1. The molecular weight excluding hydrogens is 362 g/mol. The normalized spacial score (nSPS) is 22.2. The highest BCUT2D eigenvalue weighted by Crippen LogP contribution is 2.31. The molecule has 0 bridgehead atoms. The van der Waals surface area contributed by atoms with Crippen LogP contribution in [0.3, 0.4) is 0 Å². The van der Waals surface area contributed by atoms with Gasteiger partial charge in [0.15, 0.2) is 0 Å². The van der Waals surface area contributed by atoms with Gasteiger partial charge in [0.2, 0.25) is 5.91 Å². The van der Waals surface area contributed by atoms with Crippen molar-refractivity contribution in [3.8, 4) is 0 Å². The number of nitrogens with zero attached hydrogens (tertiary/aromatic N) is 3. The Balaban J connectivity index is 1.75. The number of hydrogen-bond acceptors (Lipinski definition) is 6. The number of nitro benzene ring substituents is 1. The zero-order valence-electron chi connectivity index (χ0n) is 16.1. The van der Waals surface area contributed by atoms with Crippen molar-refractivity contribution in [2.24, 2.45) is 11.7 Å². The smallest absolute Gasteiger partial charge is 0.293 e. The van der Waals surface area contributed by atoms with Crippen LogP contribution in [0.25, 0.3) is 0 Å². The first-order valence-corrected chi connectivity index (χ1v) is 9.70. The minimum absolute atomic E-state index is 0.00358. The average Bonchev–Trinajstić information content (AvgIpc) is 3.14. The number of piperazine rings is 1. The van der Waals surface area contributed by atoms with Crippen molar-refractivity contribution in [3.05, 3.63) is 33.9 Å². The Hall–Kier alpha value is -2.68. The summed E-state index contributed by atoms with van der Waals surface area (Å²) >= 11 is 0. The molecule has 2 atom stereocenters. The van der Waals surface area contributed by atoms with E-state index in [2.05, 4.69) is 5.32 Å². The Labute approximate surface area is 164 Å². The zero-order valence-corrected chi connectivity index (χ0v) is 16.1. The van der Waals surface area contributed by atoms with E-state index in [1.54, 1.807) is 17.0 Å². The third-order valence-electron chi connectivity index (χ3n) is 5.78. The fourth-order valence-corrected chi connectivity index (χ4v) is 4.10. The molecule has 28 heavy (non-hydrogen) atoms. The first-order valence-electron chi connectivity index (χ1n) is 9.70. The molecule has 0 radical (unpaired) electrons. The van der Waals surface area contributed by atoms with Crippen LogP contribution in [0.1, 0.15) is 36.5 Å². The Morgan fingerprint density at radius 3 is 2.57 bits per heavy atom. The third-order valence-corrected chi connectivity index (χ3v) is 5.78. The molecule has 1 saturated heterocycles. The second-order valence-electron chi connectivity index (χ2n) is 7.46. The van der Waals surface area contributed by atoms with Crippen LogP contribution < -0.4 is 16.0 Å². The molecule has 1 aliphatic heterocycles. The molecule has 1 aromatic rings. The molecule has 2 aliphatic rings. The third kappa shape index (κ3) is 4.24. The summed E-state index contributed by atoms with van der Waals surface area (Å²) < 4.78 is 0. The van der Waals surface area contributed by atoms with E-state index in [0.29, 0.717) is 38.4 Å². The van der Waals surface area contributed by atoms with Gasteiger partial charge in [0, 0.05) is 50.8 Å². The van der Waals surface area contributed by atoms with Crippen LogP contribution in [0.5, 0.6) is 0 Å². The second-order valence-corrected chi connectivity index (χ2v) is 7.46. The number of hydrogen-bond donors (Lipinski definition) is 2. The first-order chi connectivity index (χ1) is 13.4. The minimum Gasteiger partial charge on any atom is -0.362 e. The van der Waals surface area contributed by atoms with E-state index in [1.165, 1.54) is 13.0 Å². The van der Waals surface area contributed by atoms with Gasteiger partial charge in [0.05, 0.1) is 4.92 Å². The molecule has 9 heteroatoms. The van der Waals surface area contributed by atoms with Gasteiger partial charge < -0.3 is 20.9 Å². The fraction of sp³-hybridized carbons (Fsp3) is 0.579. The van der Waals surface area contributed by atoms with Crippen molar-refractivity contribution in [1.29, 1.82) is 0 Å². The lowest BCUT2D eigenvalue weighted by Crippen LogP contribution is -2.48. The Bertz CT molecular complexity index is 761. The average molecular weight is 389 g/mol. The summed E-state index contributed by atoms with van der Waals surface area (Å²) in [5.41, 5.74) is 6.43. The highest BCUT2D eigenvalue weighted by atomic mass is 16.6. The lowest BCUT2D eigenvalue weighted by Gasteiger charge is -2.35. The topological polar surface area (TPSA) is 122 Å². The van der Waals surface area contributed by atoms with Crippen LogP contribution in [0.2, 0.25) is 0 Å². The molecule has 2 fully saturated rings. The molecule has 3 rings (SSSR count). The van der Waals surface area contributed by atoms with Crippen LogP contribution in [-0.2, 0) is 4.79 Å². The minimum atomic E-state index is -0.457. The van der Waals surface area contributed by atoms with Gasteiger partial charge in [0.25, 0.3) is 11.6 Å². The summed E-state index contributed by atoms with van der Waals surface area (Å²) in [5, 5.41) is 14.6. The molecule has 1 heterocycles. The van der Waals surface area contributed by atoms with Crippen molar-refractivity contribution in [2.45, 2.75) is 32.2 Å². The Morgan fingerprint density at radius 1 is 1.25 bits per heavy atom. The predicted octanol–water partition coefficient (Wildman–Crippen LogP) is 1.12. The quantitative estimate of drug-likeness (QED) is 0.575. The predicted molar refractivity (Wildman–Crippen MR) is 105 cm³/mol. The highest BCUT2D eigenvalue weighted by molar-refractivity contribution is 5.96. The Morgan fingerprint density at radius 2 is 1.96 bits per heavy atom. The van der Waals surface area contributed by atoms with Gasteiger partial charge in [-0.2, -0.15) is 0 Å². The number of benzene rings is 1. The molecule has 0 spiro atoms. The number of nitrogens with one attached hydrogen (secondary N) is 1. The summed E-state index contributed by atoms with van der Waals surface area (Å²) in [7, 11) is 0. The van der Waals surface area contributed by atoms with E-state index in [9.17, 15) is 19.7 Å². The molecule has 0 aromatic heterocycles. The van der Waals surface area contributed by atoms with Crippen molar-refractivity contribution in [1.82, 2.24) is 10.2 Å². The molecule has 1 aromatic carbocycles. The van der Waals surface area contributed by atoms with Gasteiger partial charge in [-0.3, -0.25) is 19.7 Å². The number of nitro groups is 1. The fourth-order valence-electron chi connectivity index (χ4n) is 4.10. The van der Waals surface area contributed by atoms with Crippen LogP contribution in [0, 0.1) is 16.0 Å². The summed E-state index contributed by atoms with van der Waals surface area (Å²) in [5.74, 6) is -0.0407. The number of carbonyl (C=O) groups excluding carboxylic acids is 2. The number of rotatable bonds is 5. The van der Waals surface area contributed by atoms with Crippen molar-refractivity contribution in [2.75, 3.05) is 37.6 Å². The van der Waals surface area contributed by atoms with Crippen molar-refractivity contribution in [3.63, 3.8) is 0 Å². The van der Waals surface area contributed by atoms with Gasteiger partial charge in [-0.1, -0.05) is 6.42 Å². The summed E-state index contributed by atoms with van der Waals surface area (Å²) in [6.07, 6.45) is 2.90. The van der Waals surface area contributed by atoms with Gasteiger partial charge >= 0.3 is 0 Å².